The summed E-state index contributed by atoms with van der Waals surface area (Å²) in [5.41, 5.74) is 0.435. The Hall–Kier alpha value is -1.30. The van der Waals surface area contributed by atoms with E-state index in [-0.39, 0.29) is 0 Å². The van der Waals surface area contributed by atoms with Crippen molar-refractivity contribution in [3.8, 4) is 0 Å². The molecule has 0 aliphatic heterocycles. The van der Waals surface area contributed by atoms with Crippen molar-refractivity contribution in [2.24, 2.45) is 0 Å². The second kappa shape index (κ2) is 6.92. The van der Waals surface area contributed by atoms with Crippen LogP contribution in [0.5, 0.6) is 0 Å². The summed E-state index contributed by atoms with van der Waals surface area (Å²) in [6.45, 7) is 5.70. The quantitative estimate of drug-likeness (QED) is 0.799. The van der Waals surface area contributed by atoms with Crippen LogP contribution in [0.25, 0.3) is 0 Å². The van der Waals surface area contributed by atoms with Crippen molar-refractivity contribution >= 4 is 23.4 Å². The third-order valence-electron chi connectivity index (χ3n) is 2.41. The van der Waals surface area contributed by atoms with Crippen molar-refractivity contribution in [2.75, 3.05) is 18.9 Å². The first-order valence-corrected chi connectivity index (χ1v) is 6.73. The molecular formula is C14H21ClN2O3. The fourth-order valence-electron chi connectivity index (χ4n) is 1.64. The lowest BCUT2D eigenvalue weighted by molar-refractivity contribution is 0.0635. The number of hydrogen-bond acceptors (Lipinski definition) is 4. The van der Waals surface area contributed by atoms with E-state index < -0.39 is 17.8 Å². The highest BCUT2D eigenvalue weighted by Gasteiger charge is 2.19. The van der Waals surface area contributed by atoms with E-state index >= 15 is 0 Å². The van der Waals surface area contributed by atoms with E-state index in [1.165, 1.54) is 0 Å². The number of carbonyl (C=O) groups is 1. The summed E-state index contributed by atoms with van der Waals surface area (Å²) in [4.78, 5) is 11.8. The van der Waals surface area contributed by atoms with Gasteiger partial charge in [0, 0.05) is 22.8 Å². The Morgan fingerprint density at radius 3 is 2.65 bits per heavy atom. The lowest BCUT2D eigenvalue weighted by atomic mass is 10.1. The largest absolute Gasteiger partial charge is 0.444 e. The second-order valence-corrected chi connectivity index (χ2v) is 5.87. The number of ether oxygens (including phenoxy) is 1. The third-order valence-corrected chi connectivity index (χ3v) is 2.64. The zero-order valence-electron chi connectivity index (χ0n) is 12.2. The van der Waals surface area contributed by atoms with Gasteiger partial charge in [-0.3, -0.25) is 5.32 Å². The van der Waals surface area contributed by atoms with Gasteiger partial charge in [-0.1, -0.05) is 11.6 Å². The van der Waals surface area contributed by atoms with Gasteiger partial charge < -0.3 is 15.2 Å². The Morgan fingerprint density at radius 1 is 1.45 bits per heavy atom. The molecule has 20 heavy (non-hydrogen) atoms. The Morgan fingerprint density at radius 2 is 2.10 bits per heavy atom. The van der Waals surface area contributed by atoms with E-state index in [4.69, 9.17) is 16.3 Å². The van der Waals surface area contributed by atoms with Crippen LogP contribution in [-0.2, 0) is 4.74 Å². The van der Waals surface area contributed by atoms with Crippen LogP contribution in [0.1, 0.15) is 32.4 Å². The van der Waals surface area contributed by atoms with Crippen LogP contribution in [0, 0.1) is 0 Å². The number of anilines is 1. The molecular weight excluding hydrogens is 280 g/mol. The lowest BCUT2D eigenvalue weighted by Gasteiger charge is -2.21. The summed E-state index contributed by atoms with van der Waals surface area (Å²) < 4.78 is 5.19. The Labute approximate surface area is 124 Å². The first kappa shape index (κ1) is 16.8. The van der Waals surface area contributed by atoms with Crippen LogP contribution in [0.2, 0.25) is 5.02 Å². The van der Waals surface area contributed by atoms with Crippen molar-refractivity contribution in [1.82, 2.24) is 5.32 Å². The Bertz CT molecular complexity index is 472. The monoisotopic (exact) mass is 300 g/mol. The molecule has 0 radical (unpaired) electrons. The molecule has 0 heterocycles. The maximum absolute atomic E-state index is 11.8. The van der Waals surface area contributed by atoms with Gasteiger partial charge in [0.2, 0.25) is 0 Å². The van der Waals surface area contributed by atoms with Gasteiger partial charge in [-0.05, 0) is 46.0 Å². The molecule has 0 fully saturated rings. The fourth-order valence-corrected chi connectivity index (χ4v) is 1.82. The van der Waals surface area contributed by atoms with Gasteiger partial charge in [0.15, 0.2) is 0 Å². The number of likely N-dealkylation sites (N-methyl/N-ethyl adjacent to an activating group) is 1. The van der Waals surface area contributed by atoms with Gasteiger partial charge in [-0.2, -0.15) is 0 Å². The van der Waals surface area contributed by atoms with E-state index in [0.29, 0.717) is 22.8 Å². The van der Waals surface area contributed by atoms with Gasteiger partial charge in [-0.15, -0.1) is 0 Å². The van der Waals surface area contributed by atoms with E-state index in [1.807, 2.05) is 0 Å². The molecule has 1 rings (SSSR count). The molecule has 0 saturated heterocycles. The Balaban J connectivity index is 2.91. The SMILES string of the molecule is CNCC(O)c1cc(Cl)ccc1NC(=O)OC(C)(C)C. The number of halogens is 1. The summed E-state index contributed by atoms with van der Waals surface area (Å²) in [5.74, 6) is 0. The van der Waals surface area contributed by atoms with Gasteiger partial charge >= 0.3 is 6.09 Å². The number of benzene rings is 1. The minimum absolute atomic E-state index is 0.351. The number of nitrogens with one attached hydrogen (secondary N) is 2. The highest BCUT2D eigenvalue weighted by atomic mass is 35.5. The molecule has 1 aromatic rings. The average Bonchev–Trinajstić information content (AvgIpc) is 2.29. The number of hydrogen-bond donors (Lipinski definition) is 3. The molecule has 0 aliphatic carbocycles. The fraction of sp³-hybridized carbons (Fsp3) is 0.500. The van der Waals surface area contributed by atoms with Crippen LogP contribution in [0.15, 0.2) is 18.2 Å². The van der Waals surface area contributed by atoms with Gasteiger partial charge in [0.1, 0.15) is 5.60 Å². The van der Waals surface area contributed by atoms with E-state index in [0.717, 1.165) is 0 Å². The summed E-state index contributed by atoms with van der Waals surface area (Å²) >= 11 is 5.93. The van der Waals surface area contributed by atoms with E-state index in [1.54, 1.807) is 46.0 Å². The zero-order valence-corrected chi connectivity index (χ0v) is 12.9. The van der Waals surface area contributed by atoms with Crippen LogP contribution in [-0.4, -0.2) is 30.4 Å². The van der Waals surface area contributed by atoms with Crippen LogP contribution < -0.4 is 10.6 Å². The minimum atomic E-state index is -0.774. The molecule has 1 atom stereocenters. The maximum Gasteiger partial charge on any atom is 0.412 e. The van der Waals surface area contributed by atoms with Crippen molar-refractivity contribution in [3.05, 3.63) is 28.8 Å². The molecule has 1 amide bonds. The molecule has 0 aliphatic rings. The van der Waals surface area contributed by atoms with E-state index in [9.17, 15) is 9.90 Å². The summed E-state index contributed by atoms with van der Waals surface area (Å²) in [5, 5.41) is 16.0. The summed E-state index contributed by atoms with van der Waals surface area (Å²) in [6.07, 6.45) is -1.35. The predicted molar refractivity (Wildman–Crippen MR) is 80.2 cm³/mol. The molecule has 0 spiro atoms. The van der Waals surface area contributed by atoms with Gasteiger partial charge in [0.05, 0.1) is 6.10 Å². The van der Waals surface area contributed by atoms with Crippen molar-refractivity contribution < 1.29 is 14.6 Å². The smallest absolute Gasteiger partial charge is 0.412 e. The van der Waals surface area contributed by atoms with Crippen LogP contribution >= 0.6 is 11.6 Å². The van der Waals surface area contributed by atoms with Gasteiger partial charge in [0.25, 0.3) is 0 Å². The van der Waals surface area contributed by atoms with Crippen LogP contribution in [0.4, 0.5) is 10.5 Å². The molecule has 0 aromatic heterocycles. The first-order chi connectivity index (χ1) is 9.23. The van der Waals surface area contributed by atoms with Crippen molar-refractivity contribution in [2.45, 2.75) is 32.5 Å². The molecule has 1 unspecified atom stereocenters. The first-order valence-electron chi connectivity index (χ1n) is 6.35. The number of carbonyl (C=O) groups excluding carboxylic acids is 1. The van der Waals surface area contributed by atoms with Gasteiger partial charge in [-0.25, -0.2) is 4.79 Å². The normalized spacial score (nSPS) is 12.9. The molecule has 6 heteroatoms. The summed E-state index contributed by atoms with van der Waals surface area (Å²) in [6, 6.07) is 4.90. The number of amides is 1. The molecule has 1 aromatic carbocycles. The topological polar surface area (TPSA) is 70.6 Å². The molecule has 3 N–H and O–H groups in total. The second-order valence-electron chi connectivity index (χ2n) is 5.43. The highest BCUT2D eigenvalue weighted by Crippen LogP contribution is 2.27. The standard InChI is InChI=1S/C14H21ClN2O3/c1-14(2,3)20-13(19)17-11-6-5-9(15)7-10(11)12(18)8-16-4/h5-7,12,16,18H,8H2,1-4H3,(H,17,19). The number of rotatable bonds is 4. The minimum Gasteiger partial charge on any atom is -0.444 e. The predicted octanol–water partition coefficient (Wildman–Crippen LogP) is 2.94. The maximum atomic E-state index is 11.8. The highest BCUT2D eigenvalue weighted by molar-refractivity contribution is 6.30. The van der Waals surface area contributed by atoms with Crippen molar-refractivity contribution in [1.29, 1.82) is 0 Å². The Kier molecular flexibility index (Phi) is 5.80. The average molecular weight is 301 g/mol. The van der Waals surface area contributed by atoms with Crippen molar-refractivity contribution in [3.63, 3.8) is 0 Å². The summed E-state index contributed by atoms with van der Waals surface area (Å²) in [7, 11) is 1.73. The van der Waals surface area contributed by atoms with Crippen LogP contribution in [0.3, 0.4) is 0 Å². The molecule has 0 saturated carbocycles. The van der Waals surface area contributed by atoms with E-state index in [2.05, 4.69) is 10.6 Å². The lowest BCUT2D eigenvalue weighted by Crippen LogP contribution is -2.28. The molecule has 0 bridgehead atoms. The molecule has 112 valence electrons. The zero-order chi connectivity index (χ0) is 15.3. The number of aliphatic hydroxyl groups is 1. The number of aliphatic hydroxyl groups excluding tert-OH is 1. The molecule has 5 nitrogen and oxygen atoms in total. The third kappa shape index (κ3) is 5.36.